The highest BCUT2D eigenvalue weighted by molar-refractivity contribution is 5.77. The van der Waals surface area contributed by atoms with Crippen LogP contribution in [0.25, 0.3) is 10.4 Å². The van der Waals surface area contributed by atoms with Crippen LogP contribution < -0.4 is 0 Å². The fraction of sp³-hybridized carbons (Fsp3) is 0.364. The SMILES string of the molecule is CCOC(=O)C(N=[N+]=[N-])[C@@H](O)c1ccccc1. The first-order chi connectivity index (χ1) is 8.20. The van der Waals surface area contributed by atoms with Gasteiger partial charge in [-0.3, -0.25) is 4.79 Å². The number of azide groups is 1. The summed E-state index contributed by atoms with van der Waals surface area (Å²) in [6, 6.07) is 7.24. The minimum atomic E-state index is -1.26. The van der Waals surface area contributed by atoms with E-state index in [1.165, 1.54) is 0 Å². The van der Waals surface area contributed by atoms with E-state index in [-0.39, 0.29) is 6.61 Å². The van der Waals surface area contributed by atoms with Crippen LogP contribution in [0.1, 0.15) is 18.6 Å². The minimum Gasteiger partial charge on any atom is -0.466 e. The summed E-state index contributed by atoms with van der Waals surface area (Å²) in [4.78, 5) is 14.1. The zero-order valence-corrected chi connectivity index (χ0v) is 9.35. The second-order valence-corrected chi connectivity index (χ2v) is 3.26. The van der Waals surface area contributed by atoms with Crippen molar-refractivity contribution in [1.82, 2.24) is 0 Å². The predicted molar refractivity (Wildman–Crippen MR) is 61.0 cm³/mol. The first-order valence-electron chi connectivity index (χ1n) is 5.14. The molecule has 6 nitrogen and oxygen atoms in total. The quantitative estimate of drug-likeness (QED) is 0.365. The molecule has 2 atom stereocenters. The number of ether oxygens (including phenoxy) is 1. The molecule has 0 saturated carbocycles. The Bertz CT molecular complexity index is 415. The normalized spacial score (nSPS) is 13.3. The van der Waals surface area contributed by atoms with E-state index in [0.717, 1.165) is 0 Å². The lowest BCUT2D eigenvalue weighted by Crippen LogP contribution is -2.28. The van der Waals surface area contributed by atoms with Gasteiger partial charge in [-0.2, -0.15) is 0 Å². The summed E-state index contributed by atoms with van der Waals surface area (Å²) in [7, 11) is 0. The van der Waals surface area contributed by atoms with Gasteiger partial charge in [0, 0.05) is 4.91 Å². The molecule has 0 fully saturated rings. The predicted octanol–water partition coefficient (Wildman–Crippen LogP) is 1.96. The van der Waals surface area contributed by atoms with E-state index in [2.05, 4.69) is 10.0 Å². The molecule has 1 N–H and O–H groups in total. The number of nitrogens with zero attached hydrogens (tertiary/aromatic N) is 3. The Morgan fingerprint density at radius 2 is 2.18 bits per heavy atom. The van der Waals surface area contributed by atoms with Crippen LogP contribution in [0.4, 0.5) is 0 Å². The molecule has 1 unspecified atom stereocenters. The van der Waals surface area contributed by atoms with Gasteiger partial charge in [0.05, 0.1) is 12.7 Å². The van der Waals surface area contributed by atoms with Crippen LogP contribution in [0, 0.1) is 0 Å². The number of carbonyl (C=O) groups is 1. The van der Waals surface area contributed by atoms with Crippen molar-refractivity contribution in [1.29, 1.82) is 0 Å². The molecule has 17 heavy (non-hydrogen) atoms. The van der Waals surface area contributed by atoms with Crippen molar-refractivity contribution in [2.24, 2.45) is 5.11 Å². The fourth-order valence-corrected chi connectivity index (χ4v) is 1.35. The van der Waals surface area contributed by atoms with E-state index in [0.29, 0.717) is 5.56 Å². The second kappa shape index (κ2) is 6.52. The average molecular weight is 235 g/mol. The highest BCUT2D eigenvalue weighted by Gasteiger charge is 2.28. The molecule has 0 saturated heterocycles. The summed E-state index contributed by atoms with van der Waals surface area (Å²) in [6.45, 7) is 1.80. The largest absolute Gasteiger partial charge is 0.466 e. The van der Waals surface area contributed by atoms with Crippen LogP contribution in [-0.2, 0) is 9.53 Å². The van der Waals surface area contributed by atoms with Crippen molar-refractivity contribution in [2.45, 2.75) is 19.1 Å². The van der Waals surface area contributed by atoms with E-state index in [1.807, 2.05) is 0 Å². The van der Waals surface area contributed by atoms with E-state index >= 15 is 0 Å². The second-order valence-electron chi connectivity index (χ2n) is 3.26. The van der Waals surface area contributed by atoms with Gasteiger partial charge in [0.15, 0.2) is 6.04 Å². The van der Waals surface area contributed by atoms with Crippen LogP contribution >= 0.6 is 0 Å². The maximum atomic E-state index is 11.5. The maximum Gasteiger partial charge on any atom is 0.317 e. The third-order valence-electron chi connectivity index (χ3n) is 2.14. The van der Waals surface area contributed by atoms with Gasteiger partial charge in [-0.15, -0.1) is 0 Å². The van der Waals surface area contributed by atoms with E-state index in [4.69, 9.17) is 10.3 Å². The van der Waals surface area contributed by atoms with E-state index in [1.54, 1.807) is 37.3 Å². The van der Waals surface area contributed by atoms with Gasteiger partial charge in [0.25, 0.3) is 0 Å². The molecule has 1 rings (SSSR count). The van der Waals surface area contributed by atoms with Crippen LogP contribution in [0.5, 0.6) is 0 Å². The van der Waals surface area contributed by atoms with Crippen molar-refractivity contribution >= 4 is 5.97 Å². The van der Waals surface area contributed by atoms with Crippen LogP contribution in [0.15, 0.2) is 35.4 Å². The Morgan fingerprint density at radius 1 is 1.53 bits per heavy atom. The summed E-state index contributed by atoms with van der Waals surface area (Å²) >= 11 is 0. The summed E-state index contributed by atoms with van der Waals surface area (Å²) in [5.74, 6) is -0.735. The number of rotatable bonds is 5. The van der Waals surface area contributed by atoms with Gasteiger partial charge in [-0.25, -0.2) is 0 Å². The highest BCUT2D eigenvalue weighted by atomic mass is 16.5. The van der Waals surface area contributed by atoms with Crippen molar-refractivity contribution in [3.05, 3.63) is 46.3 Å². The smallest absolute Gasteiger partial charge is 0.317 e. The van der Waals surface area contributed by atoms with Crippen LogP contribution in [0.2, 0.25) is 0 Å². The number of benzene rings is 1. The minimum absolute atomic E-state index is 0.164. The number of esters is 1. The molecule has 6 heteroatoms. The molecule has 0 aliphatic heterocycles. The topological polar surface area (TPSA) is 95.3 Å². The standard InChI is InChI=1S/C11H13N3O3/c1-2-17-11(16)9(13-14-12)10(15)8-6-4-3-5-7-8/h3-7,9-10,15H,2H2,1H3/t9?,10-/m0/s1. The van der Waals surface area contributed by atoms with Gasteiger partial charge >= 0.3 is 5.97 Å². The Labute approximate surface area is 98.5 Å². The first kappa shape index (κ1) is 13.0. The Balaban J connectivity index is 2.91. The fourth-order valence-electron chi connectivity index (χ4n) is 1.35. The molecule has 1 aromatic carbocycles. The number of carbonyl (C=O) groups excluding carboxylic acids is 1. The van der Waals surface area contributed by atoms with Gasteiger partial charge in [0.1, 0.15) is 0 Å². The molecule has 0 radical (unpaired) electrons. The zero-order valence-electron chi connectivity index (χ0n) is 9.35. The van der Waals surface area contributed by atoms with Gasteiger partial charge in [-0.05, 0) is 18.0 Å². The Morgan fingerprint density at radius 3 is 2.71 bits per heavy atom. The number of hydrogen-bond donors (Lipinski definition) is 1. The molecule has 1 aromatic rings. The van der Waals surface area contributed by atoms with Crippen LogP contribution in [0.3, 0.4) is 0 Å². The number of aliphatic hydroxyl groups is 1. The molecule has 0 heterocycles. The summed E-state index contributed by atoms with van der Waals surface area (Å²) in [6.07, 6.45) is -1.20. The molecule has 0 amide bonds. The molecule has 0 spiro atoms. The Kier molecular flexibility index (Phi) is 5.00. The molecule has 0 bridgehead atoms. The lowest BCUT2D eigenvalue weighted by molar-refractivity contribution is -0.147. The lowest BCUT2D eigenvalue weighted by atomic mass is 10.0. The number of aliphatic hydroxyl groups excluding tert-OH is 1. The van der Waals surface area contributed by atoms with Crippen LogP contribution in [-0.4, -0.2) is 23.7 Å². The number of hydrogen-bond acceptors (Lipinski definition) is 4. The third-order valence-corrected chi connectivity index (χ3v) is 2.14. The summed E-state index contributed by atoms with van der Waals surface area (Å²) < 4.78 is 4.74. The lowest BCUT2D eigenvalue weighted by Gasteiger charge is -2.17. The third kappa shape index (κ3) is 3.48. The van der Waals surface area contributed by atoms with Gasteiger partial charge < -0.3 is 9.84 Å². The molecule has 0 aliphatic rings. The summed E-state index contributed by atoms with van der Waals surface area (Å²) in [5, 5.41) is 13.2. The average Bonchev–Trinajstić information content (AvgIpc) is 2.36. The Hall–Kier alpha value is -2.04. The van der Waals surface area contributed by atoms with Gasteiger partial charge in [-0.1, -0.05) is 35.4 Å². The molecule has 90 valence electrons. The van der Waals surface area contributed by atoms with E-state index in [9.17, 15) is 9.90 Å². The van der Waals surface area contributed by atoms with Crippen molar-refractivity contribution in [3.8, 4) is 0 Å². The van der Waals surface area contributed by atoms with Crippen molar-refractivity contribution < 1.29 is 14.6 Å². The molecular formula is C11H13N3O3. The summed E-state index contributed by atoms with van der Waals surface area (Å²) in [5.41, 5.74) is 8.89. The van der Waals surface area contributed by atoms with Crippen molar-refractivity contribution in [3.63, 3.8) is 0 Å². The maximum absolute atomic E-state index is 11.5. The molecular weight excluding hydrogens is 222 g/mol. The first-order valence-corrected chi connectivity index (χ1v) is 5.14. The molecule has 0 aromatic heterocycles. The monoisotopic (exact) mass is 235 g/mol. The van der Waals surface area contributed by atoms with E-state index < -0.39 is 18.1 Å². The van der Waals surface area contributed by atoms with Crippen molar-refractivity contribution in [2.75, 3.05) is 6.61 Å². The highest BCUT2D eigenvalue weighted by Crippen LogP contribution is 2.20. The van der Waals surface area contributed by atoms with Gasteiger partial charge in [0.2, 0.25) is 0 Å². The zero-order chi connectivity index (χ0) is 12.7. The molecule has 0 aliphatic carbocycles.